The number of alkyl halides is 3. The Morgan fingerprint density at radius 2 is 1.17 bits per heavy atom. The summed E-state index contributed by atoms with van der Waals surface area (Å²) < 4.78 is 38.3. The second-order valence-corrected chi connectivity index (χ2v) is 10.8. The lowest BCUT2D eigenvalue weighted by molar-refractivity contribution is -0.0925. The Labute approximate surface area is 211 Å². The normalized spacial score (nSPS) is 13.0. The van der Waals surface area contributed by atoms with Gasteiger partial charge in [-0.3, -0.25) is 10.4 Å². The van der Waals surface area contributed by atoms with Gasteiger partial charge in [-0.25, -0.2) is 0 Å². The molecule has 3 aromatic rings. The van der Waals surface area contributed by atoms with Gasteiger partial charge < -0.3 is 10.6 Å². The van der Waals surface area contributed by atoms with Crippen LogP contribution in [0.4, 0.5) is 30.2 Å². The number of hydrogen-bond donors (Lipinski definition) is 2. The summed E-state index contributed by atoms with van der Waals surface area (Å²) in [6.45, 7) is 12.9. The number of benzene rings is 2. The highest BCUT2D eigenvalue weighted by Crippen LogP contribution is 2.36. The number of allylic oxidation sites excluding steroid dienone is 2. The molecule has 0 unspecified atom stereocenters. The van der Waals surface area contributed by atoms with Gasteiger partial charge in [-0.15, -0.1) is 0 Å². The van der Waals surface area contributed by atoms with E-state index in [0.717, 1.165) is 11.4 Å². The predicted octanol–water partition coefficient (Wildman–Crippen LogP) is 7.92. The van der Waals surface area contributed by atoms with Crippen molar-refractivity contribution in [3.63, 3.8) is 0 Å². The Bertz CT molecular complexity index is 1170. The van der Waals surface area contributed by atoms with Crippen LogP contribution in [-0.2, 0) is 10.8 Å². The summed E-state index contributed by atoms with van der Waals surface area (Å²) >= 11 is 0. The number of halogens is 3. The van der Waals surface area contributed by atoms with Crippen molar-refractivity contribution < 1.29 is 13.2 Å². The first kappa shape index (κ1) is 27.0. The molecule has 0 bridgehead atoms. The van der Waals surface area contributed by atoms with Crippen molar-refractivity contribution in [3.8, 4) is 0 Å². The maximum absolute atomic E-state index is 12.8. The highest BCUT2D eigenvalue weighted by atomic mass is 19.4. The Kier molecular flexibility index (Phi) is 7.35. The van der Waals surface area contributed by atoms with Crippen molar-refractivity contribution in [2.24, 2.45) is 5.73 Å². The van der Waals surface area contributed by atoms with Gasteiger partial charge in [-0.2, -0.15) is 13.2 Å². The topological polar surface area (TPSA) is 66.0 Å². The number of nitrogens with zero attached hydrogens (tertiary/aromatic N) is 2. The van der Waals surface area contributed by atoms with E-state index in [1.165, 1.54) is 17.2 Å². The van der Waals surface area contributed by atoms with E-state index >= 15 is 0 Å². The summed E-state index contributed by atoms with van der Waals surface area (Å²) in [6, 6.07) is 19.8. The highest BCUT2D eigenvalue weighted by Gasteiger charge is 2.31. The molecule has 0 amide bonds. The minimum absolute atomic E-state index is 0.00700. The van der Waals surface area contributed by atoms with Gasteiger partial charge in [0.05, 0.1) is 23.3 Å². The third-order valence-corrected chi connectivity index (χ3v) is 5.89. The number of nitrogens with two attached hydrogens (primary N) is 1. The molecule has 3 N–H and O–H groups in total. The standard InChI is InChI=1S/C29H33F3N4/c1-27(2,3)19-7-11-21(12-8-19)36(22-13-9-20(10-14-22)28(4,5)6)23-15-16-25(35-18-23)24(33)17-26(34)29(30,31)32/h7-18,33H,34H2,1-6H3. The second kappa shape index (κ2) is 9.80. The lowest BCUT2D eigenvalue weighted by Gasteiger charge is -2.28. The minimum Gasteiger partial charge on any atom is -0.395 e. The Morgan fingerprint density at radius 1 is 0.750 bits per heavy atom. The first-order valence-corrected chi connectivity index (χ1v) is 11.7. The van der Waals surface area contributed by atoms with Crippen LogP contribution in [0, 0.1) is 5.41 Å². The average Bonchev–Trinajstić information content (AvgIpc) is 2.78. The number of hydrogen-bond acceptors (Lipinski definition) is 4. The number of anilines is 3. The van der Waals surface area contributed by atoms with Crippen LogP contribution in [0.2, 0.25) is 0 Å². The quantitative estimate of drug-likeness (QED) is 0.354. The SMILES string of the molecule is CC(C)(C)c1ccc(N(c2ccc(C(C)(C)C)cc2)c2ccc(C(=N)C=C(N)C(F)(F)F)nc2)cc1. The summed E-state index contributed by atoms with van der Waals surface area (Å²) in [6.07, 6.45) is -2.56. The van der Waals surface area contributed by atoms with Gasteiger partial charge >= 0.3 is 6.18 Å². The van der Waals surface area contributed by atoms with E-state index in [4.69, 9.17) is 11.1 Å². The third kappa shape index (κ3) is 6.33. The van der Waals surface area contributed by atoms with Crippen LogP contribution in [0.3, 0.4) is 0 Å². The fourth-order valence-electron chi connectivity index (χ4n) is 3.66. The Balaban J connectivity index is 2.03. The van der Waals surface area contributed by atoms with E-state index in [-0.39, 0.29) is 16.5 Å². The molecule has 0 aliphatic carbocycles. The van der Waals surface area contributed by atoms with Crippen molar-refractivity contribution >= 4 is 22.8 Å². The monoisotopic (exact) mass is 494 g/mol. The smallest absolute Gasteiger partial charge is 0.395 e. The molecule has 7 heteroatoms. The van der Waals surface area contributed by atoms with Gasteiger partial charge in [0.25, 0.3) is 0 Å². The van der Waals surface area contributed by atoms with Crippen molar-refractivity contribution in [2.45, 2.75) is 58.5 Å². The van der Waals surface area contributed by atoms with Crippen molar-refractivity contribution in [2.75, 3.05) is 4.90 Å². The molecule has 3 rings (SSSR count). The van der Waals surface area contributed by atoms with Crippen molar-refractivity contribution in [3.05, 3.63) is 95.5 Å². The van der Waals surface area contributed by atoms with Crippen LogP contribution < -0.4 is 10.6 Å². The van der Waals surface area contributed by atoms with Gasteiger partial charge in [0, 0.05) is 11.4 Å². The molecule has 36 heavy (non-hydrogen) atoms. The summed E-state index contributed by atoms with van der Waals surface area (Å²) in [4.78, 5) is 6.29. The Morgan fingerprint density at radius 3 is 1.50 bits per heavy atom. The number of pyridine rings is 1. The number of nitrogens with one attached hydrogen (secondary N) is 1. The van der Waals surface area contributed by atoms with Crippen LogP contribution in [0.5, 0.6) is 0 Å². The minimum atomic E-state index is -4.69. The summed E-state index contributed by atoms with van der Waals surface area (Å²) in [5.74, 6) is 0. The molecule has 0 radical (unpaired) electrons. The third-order valence-electron chi connectivity index (χ3n) is 5.89. The van der Waals surface area contributed by atoms with Crippen LogP contribution in [-0.4, -0.2) is 16.9 Å². The van der Waals surface area contributed by atoms with E-state index in [1.807, 2.05) is 29.2 Å². The maximum atomic E-state index is 12.8. The molecule has 1 aromatic heterocycles. The molecule has 0 saturated heterocycles. The van der Waals surface area contributed by atoms with Gasteiger partial charge in [0.15, 0.2) is 0 Å². The highest BCUT2D eigenvalue weighted by molar-refractivity contribution is 6.05. The first-order valence-electron chi connectivity index (χ1n) is 11.7. The van der Waals surface area contributed by atoms with Crippen LogP contribution >= 0.6 is 0 Å². The first-order chi connectivity index (χ1) is 16.6. The fraction of sp³-hybridized carbons (Fsp3) is 0.310. The molecular weight excluding hydrogens is 461 g/mol. The zero-order valence-electron chi connectivity index (χ0n) is 21.5. The Hall–Kier alpha value is -3.61. The molecule has 0 atom stereocenters. The molecule has 1 heterocycles. The van der Waals surface area contributed by atoms with Gasteiger partial charge in [-0.05, 0) is 64.4 Å². The van der Waals surface area contributed by atoms with Crippen LogP contribution in [0.1, 0.15) is 58.4 Å². The lowest BCUT2D eigenvalue weighted by atomic mass is 9.86. The van der Waals surface area contributed by atoms with E-state index < -0.39 is 17.6 Å². The molecule has 0 aliphatic heterocycles. The van der Waals surface area contributed by atoms with Crippen molar-refractivity contribution in [1.82, 2.24) is 4.98 Å². The molecule has 190 valence electrons. The summed E-state index contributed by atoms with van der Waals surface area (Å²) in [7, 11) is 0. The second-order valence-electron chi connectivity index (χ2n) is 10.8. The average molecular weight is 495 g/mol. The zero-order chi connectivity index (χ0) is 26.9. The van der Waals surface area contributed by atoms with Gasteiger partial charge in [0.2, 0.25) is 0 Å². The molecule has 2 aromatic carbocycles. The molecule has 0 aliphatic rings. The van der Waals surface area contributed by atoms with E-state index in [1.54, 1.807) is 12.3 Å². The zero-order valence-corrected chi connectivity index (χ0v) is 21.5. The fourth-order valence-corrected chi connectivity index (χ4v) is 3.66. The predicted molar refractivity (Wildman–Crippen MR) is 141 cm³/mol. The molecule has 0 spiro atoms. The van der Waals surface area contributed by atoms with E-state index in [9.17, 15) is 13.2 Å². The maximum Gasteiger partial charge on any atom is 0.430 e. The molecule has 4 nitrogen and oxygen atoms in total. The van der Waals surface area contributed by atoms with E-state index in [0.29, 0.717) is 11.8 Å². The van der Waals surface area contributed by atoms with Crippen LogP contribution in [0.25, 0.3) is 0 Å². The van der Waals surface area contributed by atoms with Crippen LogP contribution in [0.15, 0.2) is 78.6 Å². The van der Waals surface area contributed by atoms with Gasteiger partial charge in [0.1, 0.15) is 5.70 Å². The molecule has 0 fully saturated rings. The van der Waals surface area contributed by atoms with Gasteiger partial charge in [-0.1, -0.05) is 65.8 Å². The summed E-state index contributed by atoms with van der Waals surface area (Å²) in [5, 5.41) is 7.98. The number of rotatable bonds is 5. The lowest BCUT2D eigenvalue weighted by Crippen LogP contribution is -2.21. The molecule has 0 saturated carbocycles. The van der Waals surface area contributed by atoms with E-state index in [2.05, 4.69) is 70.8 Å². The summed E-state index contributed by atoms with van der Waals surface area (Å²) in [5.41, 5.74) is 8.37. The largest absolute Gasteiger partial charge is 0.430 e. The molecular formula is C29H33F3N4. The van der Waals surface area contributed by atoms with Crippen molar-refractivity contribution in [1.29, 1.82) is 5.41 Å². The number of aromatic nitrogens is 1.